The number of carbonyl (C=O) groups excluding carboxylic acids is 1. The molecule has 1 unspecified atom stereocenters. The van der Waals surface area contributed by atoms with Gasteiger partial charge in [-0.1, -0.05) is 48.9 Å². The number of aromatic nitrogens is 2. The zero-order valence-electron chi connectivity index (χ0n) is 15.6. The Morgan fingerprint density at radius 3 is 2.69 bits per heavy atom. The molecule has 134 valence electrons. The predicted octanol–water partition coefficient (Wildman–Crippen LogP) is 3.85. The summed E-state index contributed by atoms with van der Waals surface area (Å²) < 4.78 is 1.99. The number of rotatable bonds is 7. The summed E-state index contributed by atoms with van der Waals surface area (Å²) in [6.07, 6.45) is 2.78. The van der Waals surface area contributed by atoms with Crippen molar-refractivity contribution >= 4 is 22.4 Å². The van der Waals surface area contributed by atoms with Gasteiger partial charge in [-0.25, -0.2) is 4.79 Å². The number of hydrogen-bond acceptors (Lipinski definition) is 3. The lowest BCUT2D eigenvalue weighted by molar-refractivity contribution is 0.564. The van der Waals surface area contributed by atoms with Crippen LogP contribution in [0.25, 0.3) is 16.5 Å². The van der Waals surface area contributed by atoms with Crippen molar-refractivity contribution in [1.29, 1.82) is 0 Å². The van der Waals surface area contributed by atoms with Crippen LogP contribution in [0.2, 0.25) is 0 Å². The van der Waals surface area contributed by atoms with Crippen LogP contribution in [0, 0.1) is 12.8 Å². The molecule has 1 N–H and O–H groups in total. The highest BCUT2D eigenvalue weighted by molar-refractivity contribution is 5.92. The average Bonchev–Trinajstić information content (AvgIpc) is 3.05. The zero-order valence-corrected chi connectivity index (χ0v) is 15.6. The second kappa shape index (κ2) is 8.13. The van der Waals surface area contributed by atoms with Crippen molar-refractivity contribution in [2.45, 2.75) is 26.8 Å². The molecule has 0 saturated heterocycles. The maximum atomic E-state index is 11.6. The number of fused-ring (bicyclic) bond motifs is 1. The van der Waals surface area contributed by atoms with E-state index in [1.807, 2.05) is 30.1 Å². The molecule has 0 radical (unpaired) electrons. The fourth-order valence-electron chi connectivity index (χ4n) is 3.18. The van der Waals surface area contributed by atoms with Gasteiger partial charge in [0, 0.05) is 11.0 Å². The van der Waals surface area contributed by atoms with E-state index in [2.05, 4.69) is 60.5 Å². The number of benzene rings is 2. The first-order chi connectivity index (χ1) is 12.6. The van der Waals surface area contributed by atoms with Crippen molar-refractivity contribution in [3.63, 3.8) is 0 Å². The quantitative estimate of drug-likeness (QED) is 0.660. The molecule has 3 aromatic rings. The summed E-state index contributed by atoms with van der Waals surface area (Å²) in [7, 11) is 1.92. The zero-order chi connectivity index (χ0) is 18.5. The van der Waals surface area contributed by atoms with Gasteiger partial charge < -0.3 is 5.32 Å². The van der Waals surface area contributed by atoms with E-state index in [9.17, 15) is 4.79 Å². The first-order valence-corrected chi connectivity index (χ1v) is 9.03. The van der Waals surface area contributed by atoms with Crippen LogP contribution >= 0.6 is 0 Å². The number of hydrogen-bond donors (Lipinski definition) is 1. The summed E-state index contributed by atoms with van der Waals surface area (Å²) in [5.74, 6) is 2.33. The normalized spacial score (nSPS) is 12.1. The second-order valence-electron chi connectivity index (χ2n) is 6.87. The van der Waals surface area contributed by atoms with Gasteiger partial charge in [0.2, 0.25) is 0 Å². The molecule has 0 spiro atoms. The highest BCUT2D eigenvalue weighted by Gasteiger charge is 2.14. The van der Waals surface area contributed by atoms with Gasteiger partial charge >= 0.3 is 0 Å². The molecular weight excluding hydrogens is 322 g/mol. The topological polar surface area (TPSA) is 46.9 Å². The lowest BCUT2D eigenvalue weighted by Gasteiger charge is -2.13. The second-order valence-corrected chi connectivity index (χ2v) is 6.87. The van der Waals surface area contributed by atoms with Crippen LogP contribution in [0.5, 0.6) is 0 Å². The van der Waals surface area contributed by atoms with E-state index in [4.69, 9.17) is 0 Å². The Labute approximate surface area is 154 Å². The van der Waals surface area contributed by atoms with Crippen molar-refractivity contribution in [2.24, 2.45) is 5.92 Å². The standard InChI is InChI=1S/C22H25N3O/c1-16-4-6-18(7-5-16)14-25-22-12-19(8-9-20(22)13-24-25)21(15-26)17(2)10-11-23-3/h4-9,12-13,17,23H,10-11,14H2,1-3H3. The molecule has 1 heterocycles. The van der Waals surface area contributed by atoms with E-state index in [-0.39, 0.29) is 5.92 Å². The van der Waals surface area contributed by atoms with Crippen LogP contribution < -0.4 is 5.32 Å². The van der Waals surface area contributed by atoms with E-state index in [1.165, 1.54) is 11.1 Å². The van der Waals surface area contributed by atoms with E-state index in [0.717, 1.165) is 35.0 Å². The van der Waals surface area contributed by atoms with E-state index < -0.39 is 0 Å². The Balaban J connectivity index is 1.92. The fourth-order valence-corrected chi connectivity index (χ4v) is 3.18. The highest BCUT2D eigenvalue weighted by Crippen LogP contribution is 2.26. The lowest BCUT2D eigenvalue weighted by Crippen LogP contribution is -2.12. The van der Waals surface area contributed by atoms with E-state index >= 15 is 0 Å². The molecule has 26 heavy (non-hydrogen) atoms. The van der Waals surface area contributed by atoms with Crippen LogP contribution in [0.3, 0.4) is 0 Å². The Bertz CT molecular complexity index is 934. The number of allylic oxidation sites excluding steroid dienone is 1. The van der Waals surface area contributed by atoms with E-state index in [0.29, 0.717) is 6.54 Å². The summed E-state index contributed by atoms with van der Waals surface area (Å²) in [5, 5.41) is 8.75. The molecule has 0 aliphatic carbocycles. The van der Waals surface area contributed by atoms with Crippen molar-refractivity contribution in [3.8, 4) is 0 Å². The molecule has 0 fully saturated rings. The van der Waals surface area contributed by atoms with Gasteiger partial charge in [-0.15, -0.1) is 0 Å². The van der Waals surface area contributed by atoms with Crippen molar-refractivity contribution in [2.75, 3.05) is 13.6 Å². The molecule has 3 rings (SSSR count). The maximum absolute atomic E-state index is 11.6. The number of aryl methyl sites for hydroxylation is 1. The van der Waals surface area contributed by atoms with Gasteiger partial charge in [-0.05, 0) is 50.0 Å². The molecule has 0 aliphatic rings. The molecule has 0 saturated carbocycles. The number of nitrogens with one attached hydrogen (secondary N) is 1. The first kappa shape index (κ1) is 18.1. The van der Waals surface area contributed by atoms with Gasteiger partial charge in [-0.3, -0.25) is 4.68 Å². The summed E-state index contributed by atoms with van der Waals surface area (Å²) >= 11 is 0. The minimum Gasteiger partial charge on any atom is -0.320 e. The van der Waals surface area contributed by atoms with Crippen molar-refractivity contribution in [3.05, 3.63) is 65.4 Å². The first-order valence-electron chi connectivity index (χ1n) is 9.03. The highest BCUT2D eigenvalue weighted by atomic mass is 16.1. The van der Waals surface area contributed by atoms with Crippen LogP contribution in [-0.4, -0.2) is 29.3 Å². The fraction of sp³-hybridized carbons (Fsp3) is 0.318. The Morgan fingerprint density at radius 2 is 2.00 bits per heavy atom. The Kier molecular flexibility index (Phi) is 5.67. The molecule has 4 nitrogen and oxygen atoms in total. The smallest absolute Gasteiger partial charge is 0.128 e. The minimum absolute atomic E-state index is 0.158. The monoisotopic (exact) mass is 347 g/mol. The summed E-state index contributed by atoms with van der Waals surface area (Å²) in [5.41, 5.74) is 5.15. The molecule has 2 aromatic carbocycles. The SMILES string of the molecule is CNCCC(C)C(=C=O)c1ccc2cnn(Cc3ccc(C)cc3)c2c1. The Morgan fingerprint density at radius 1 is 1.23 bits per heavy atom. The van der Waals surface area contributed by atoms with Crippen molar-refractivity contribution in [1.82, 2.24) is 15.1 Å². The third kappa shape index (κ3) is 3.93. The third-order valence-electron chi connectivity index (χ3n) is 4.84. The summed E-state index contributed by atoms with van der Waals surface area (Å²) in [6, 6.07) is 14.6. The van der Waals surface area contributed by atoms with Crippen LogP contribution in [0.4, 0.5) is 0 Å². The van der Waals surface area contributed by atoms with Crippen LogP contribution in [0.1, 0.15) is 30.0 Å². The average molecular weight is 347 g/mol. The summed E-state index contributed by atoms with van der Waals surface area (Å²) in [4.78, 5) is 11.6. The maximum Gasteiger partial charge on any atom is 0.128 e. The molecular formula is C22H25N3O. The van der Waals surface area contributed by atoms with Gasteiger partial charge in [0.05, 0.1) is 18.3 Å². The molecule has 1 aromatic heterocycles. The molecule has 0 aliphatic heterocycles. The van der Waals surface area contributed by atoms with E-state index in [1.54, 1.807) is 0 Å². The Hall–Kier alpha value is -2.68. The van der Waals surface area contributed by atoms with Gasteiger partial charge in [0.1, 0.15) is 5.94 Å². The molecule has 0 amide bonds. The third-order valence-corrected chi connectivity index (χ3v) is 4.84. The largest absolute Gasteiger partial charge is 0.320 e. The minimum atomic E-state index is 0.158. The van der Waals surface area contributed by atoms with Crippen LogP contribution in [0.15, 0.2) is 48.7 Å². The molecule has 4 heteroatoms. The van der Waals surface area contributed by atoms with Crippen molar-refractivity contribution < 1.29 is 4.79 Å². The molecule has 1 atom stereocenters. The number of nitrogens with zero attached hydrogens (tertiary/aromatic N) is 2. The molecule has 0 bridgehead atoms. The lowest BCUT2D eigenvalue weighted by atomic mass is 9.92. The van der Waals surface area contributed by atoms with Crippen LogP contribution in [-0.2, 0) is 11.3 Å². The summed E-state index contributed by atoms with van der Waals surface area (Å²) in [6.45, 7) is 5.75. The van der Waals surface area contributed by atoms with Gasteiger partial charge in [0.15, 0.2) is 0 Å². The van der Waals surface area contributed by atoms with Gasteiger partial charge in [-0.2, -0.15) is 5.10 Å². The van der Waals surface area contributed by atoms with Gasteiger partial charge in [0.25, 0.3) is 0 Å². The predicted molar refractivity (Wildman–Crippen MR) is 107 cm³/mol.